The molecular formula is C14H11ClFNO2. The van der Waals surface area contributed by atoms with Gasteiger partial charge in [0.15, 0.2) is 0 Å². The minimum atomic E-state index is -0.577. The van der Waals surface area contributed by atoms with Crippen molar-refractivity contribution in [1.29, 1.82) is 0 Å². The number of hydrogen-bond donors (Lipinski definition) is 1. The molecule has 0 atom stereocenters. The number of halogens is 2. The Balaban J connectivity index is 2.05. The van der Waals surface area contributed by atoms with Gasteiger partial charge in [0.05, 0.1) is 16.3 Å². The van der Waals surface area contributed by atoms with E-state index in [1.807, 2.05) is 0 Å². The summed E-state index contributed by atoms with van der Waals surface area (Å²) < 4.78 is 18.3. The molecule has 0 aliphatic carbocycles. The first-order valence-corrected chi connectivity index (χ1v) is 5.91. The van der Waals surface area contributed by atoms with Crippen molar-refractivity contribution >= 4 is 23.3 Å². The fourth-order valence-corrected chi connectivity index (χ4v) is 1.63. The van der Waals surface area contributed by atoms with Gasteiger partial charge in [0.2, 0.25) is 0 Å². The van der Waals surface area contributed by atoms with Crippen LogP contribution >= 0.6 is 11.6 Å². The Morgan fingerprint density at radius 2 is 2.00 bits per heavy atom. The van der Waals surface area contributed by atoms with Gasteiger partial charge in [-0.15, -0.1) is 0 Å². The Morgan fingerprint density at radius 3 is 2.68 bits per heavy atom. The third-order valence-corrected chi connectivity index (χ3v) is 2.89. The number of rotatable bonds is 3. The van der Waals surface area contributed by atoms with Gasteiger partial charge < -0.3 is 10.5 Å². The summed E-state index contributed by atoms with van der Waals surface area (Å²) in [4.78, 5) is 11.7. The van der Waals surface area contributed by atoms with E-state index in [2.05, 4.69) is 0 Å². The van der Waals surface area contributed by atoms with E-state index in [1.54, 1.807) is 18.2 Å². The van der Waals surface area contributed by atoms with Crippen LogP contribution in [0.2, 0.25) is 5.02 Å². The predicted octanol–water partition coefficient (Wildman–Crippen LogP) is 3.42. The van der Waals surface area contributed by atoms with Crippen molar-refractivity contribution < 1.29 is 13.9 Å². The Bertz CT molecular complexity index is 616. The summed E-state index contributed by atoms with van der Waals surface area (Å²) in [7, 11) is 0. The second-order valence-corrected chi connectivity index (χ2v) is 4.31. The van der Waals surface area contributed by atoms with Crippen LogP contribution in [-0.4, -0.2) is 5.97 Å². The van der Waals surface area contributed by atoms with Crippen LogP contribution in [0.15, 0.2) is 42.5 Å². The lowest BCUT2D eigenvalue weighted by Gasteiger charge is -2.07. The zero-order valence-corrected chi connectivity index (χ0v) is 10.7. The first-order chi connectivity index (χ1) is 9.08. The summed E-state index contributed by atoms with van der Waals surface area (Å²) >= 11 is 5.75. The van der Waals surface area contributed by atoms with E-state index in [9.17, 15) is 9.18 Å². The van der Waals surface area contributed by atoms with Crippen molar-refractivity contribution in [3.8, 4) is 0 Å². The highest BCUT2D eigenvalue weighted by molar-refractivity contribution is 6.33. The summed E-state index contributed by atoms with van der Waals surface area (Å²) in [6.45, 7) is -0.131. The van der Waals surface area contributed by atoms with Gasteiger partial charge in [-0.25, -0.2) is 9.18 Å². The second-order valence-electron chi connectivity index (χ2n) is 3.90. The van der Waals surface area contributed by atoms with Crippen LogP contribution < -0.4 is 5.73 Å². The molecule has 2 N–H and O–H groups in total. The summed E-state index contributed by atoms with van der Waals surface area (Å²) in [6, 6.07) is 10.5. The molecule has 2 aromatic rings. The molecule has 0 unspecified atom stereocenters. The lowest BCUT2D eigenvalue weighted by atomic mass is 10.2. The molecule has 0 saturated heterocycles. The lowest BCUT2D eigenvalue weighted by molar-refractivity contribution is 0.0469. The maximum Gasteiger partial charge on any atom is 0.338 e. The number of esters is 1. The molecule has 0 aromatic heterocycles. The molecule has 0 bridgehead atoms. The number of hydrogen-bond acceptors (Lipinski definition) is 3. The smallest absolute Gasteiger partial charge is 0.338 e. The Labute approximate surface area is 114 Å². The van der Waals surface area contributed by atoms with E-state index in [0.29, 0.717) is 16.3 Å². The molecule has 0 saturated carbocycles. The summed E-state index contributed by atoms with van der Waals surface area (Å²) in [5.74, 6) is -0.988. The van der Waals surface area contributed by atoms with Gasteiger partial charge in [-0.05, 0) is 24.3 Å². The number of benzene rings is 2. The van der Waals surface area contributed by atoms with Gasteiger partial charge in [-0.2, -0.15) is 0 Å². The average molecular weight is 280 g/mol. The summed E-state index contributed by atoms with van der Waals surface area (Å²) in [5, 5.41) is 0.366. The maximum atomic E-state index is 13.3. The van der Waals surface area contributed by atoms with Gasteiger partial charge in [0.25, 0.3) is 0 Å². The third kappa shape index (κ3) is 3.23. The first-order valence-electron chi connectivity index (χ1n) is 5.53. The van der Waals surface area contributed by atoms with Crippen molar-refractivity contribution in [2.75, 3.05) is 5.73 Å². The Kier molecular flexibility index (Phi) is 4.02. The highest BCUT2D eigenvalue weighted by atomic mass is 35.5. The molecule has 5 heteroatoms. The number of carbonyl (C=O) groups excluding carboxylic acids is 1. The average Bonchev–Trinajstić information content (AvgIpc) is 2.40. The molecule has 0 spiro atoms. The molecule has 0 heterocycles. The summed E-state index contributed by atoms with van der Waals surface area (Å²) in [5.41, 5.74) is 6.48. The normalized spacial score (nSPS) is 10.2. The van der Waals surface area contributed by atoms with E-state index in [1.165, 1.54) is 24.3 Å². The van der Waals surface area contributed by atoms with Gasteiger partial charge in [0.1, 0.15) is 12.4 Å². The first kappa shape index (κ1) is 13.4. The number of nitrogen functional groups attached to an aromatic ring is 1. The third-order valence-electron chi connectivity index (χ3n) is 2.55. The van der Waals surface area contributed by atoms with Crippen molar-refractivity contribution in [2.24, 2.45) is 0 Å². The monoisotopic (exact) mass is 279 g/mol. The van der Waals surface area contributed by atoms with Gasteiger partial charge in [-0.1, -0.05) is 29.8 Å². The number of ether oxygens (including phenoxy) is 1. The predicted molar refractivity (Wildman–Crippen MR) is 71.4 cm³/mol. The molecule has 0 amide bonds. The molecule has 3 nitrogen and oxygen atoms in total. The van der Waals surface area contributed by atoms with Crippen molar-refractivity contribution in [3.05, 3.63) is 64.4 Å². The van der Waals surface area contributed by atoms with Crippen LogP contribution in [0, 0.1) is 5.82 Å². The zero-order valence-electron chi connectivity index (χ0n) is 9.90. The van der Waals surface area contributed by atoms with Crippen LogP contribution in [0.1, 0.15) is 15.9 Å². The molecule has 0 aliphatic rings. The van der Waals surface area contributed by atoms with E-state index >= 15 is 0 Å². The minimum Gasteiger partial charge on any atom is -0.457 e. The summed E-state index contributed by atoms with van der Waals surface area (Å²) in [6.07, 6.45) is 0. The van der Waals surface area contributed by atoms with E-state index in [-0.39, 0.29) is 12.2 Å². The van der Waals surface area contributed by atoms with Crippen LogP contribution in [0.25, 0.3) is 0 Å². The van der Waals surface area contributed by atoms with Crippen LogP contribution in [0.4, 0.5) is 10.1 Å². The Morgan fingerprint density at radius 1 is 1.26 bits per heavy atom. The highest BCUT2D eigenvalue weighted by Crippen LogP contribution is 2.20. The molecule has 2 rings (SSSR count). The molecule has 0 radical (unpaired) electrons. The maximum absolute atomic E-state index is 13.3. The fourth-order valence-electron chi connectivity index (χ4n) is 1.51. The molecule has 0 aliphatic heterocycles. The second kappa shape index (κ2) is 5.71. The highest BCUT2D eigenvalue weighted by Gasteiger charge is 2.10. The van der Waals surface area contributed by atoms with Crippen molar-refractivity contribution in [3.63, 3.8) is 0 Å². The van der Waals surface area contributed by atoms with Gasteiger partial charge in [-0.3, -0.25) is 0 Å². The van der Waals surface area contributed by atoms with E-state index < -0.39 is 11.8 Å². The van der Waals surface area contributed by atoms with Gasteiger partial charge in [0, 0.05) is 5.56 Å². The lowest BCUT2D eigenvalue weighted by Crippen LogP contribution is -2.06. The van der Waals surface area contributed by atoms with E-state index in [0.717, 1.165) is 0 Å². The van der Waals surface area contributed by atoms with Crippen LogP contribution in [0.3, 0.4) is 0 Å². The zero-order chi connectivity index (χ0) is 13.8. The number of carbonyl (C=O) groups is 1. The van der Waals surface area contributed by atoms with Crippen LogP contribution in [0.5, 0.6) is 0 Å². The molecule has 2 aromatic carbocycles. The topological polar surface area (TPSA) is 52.3 Å². The van der Waals surface area contributed by atoms with Crippen LogP contribution in [-0.2, 0) is 11.3 Å². The number of anilines is 1. The quantitative estimate of drug-likeness (QED) is 0.692. The SMILES string of the molecule is Nc1cc(C(=O)OCc2ccccc2F)ccc1Cl. The van der Waals surface area contributed by atoms with Crippen molar-refractivity contribution in [1.82, 2.24) is 0 Å². The molecule has 98 valence electrons. The fraction of sp³-hybridized carbons (Fsp3) is 0.0714. The Hall–Kier alpha value is -2.07. The molecule has 0 fully saturated rings. The number of nitrogens with two attached hydrogens (primary N) is 1. The largest absolute Gasteiger partial charge is 0.457 e. The standard InChI is InChI=1S/C14H11ClFNO2/c15-11-6-5-9(7-13(11)17)14(18)19-8-10-3-1-2-4-12(10)16/h1-7H,8,17H2. The van der Waals surface area contributed by atoms with Gasteiger partial charge >= 0.3 is 5.97 Å². The molecular weight excluding hydrogens is 269 g/mol. The van der Waals surface area contributed by atoms with Crippen molar-refractivity contribution in [2.45, 2.75) is 6.61 Å². The minimum absolute atomic E-state index is 0.131. The molecule has 19 heavy (non-hydrogen) atoms. The van der Waals surface area contributed by atoms with E-state index in [4.69, 9.17) is 22.1 Å².